The summed E-state index contributed by atoms with van der Waals surface area (Å²) in [4.78, 5) is 35.5. The highest BCUT2D eigenvalue weighted by atomic mass is 35.5. The molecule has 6 heterocycles. The van der Waals surface area contributed by atoms with Crippen molar-refractivity contribution in [1.82, 2.24) is 29.7 Å². The first-order valence-electron chi connectivity index (χ1n) is 18.2. The van der Waals surface area contributed by atoms with Gasteiger partial charge in [0.25, 0.3) is 0 Å². The minimum atomic E-state index is -0.933. The Morgan fingerprint density at radius 3 is 2.77 bits per heavy atom. The van der Waals surface area contributed by atoms with Crippen molar-refractivity contribution in [1.29, 1.82) is 0 Å². The number of likely N-dealkylation sites (tertiary alicyclic amines) is 2. The van der Waals surface area contributed by atoms with E-state index in [2.05, 4.69) is 33.6 Å². The van der Waals surface area contributed by atoms with Gasteiger partial charge >= 0.3 is 6.01 Å². The van der Waals surface area contributed by atoms with Crippen molar-refractivity contribution in [2.45, 2.75) is 75.8 Å². The lowest BCUT2D eigenvalue weighted by Crippen LogP contribution is -2.50. The average molecular weight is 734 g/mol. The highest BCUT2D eigenvalue weighted by molar-refractivity contribution is 6.36. The van der Waals surface area contributed by atoms with Crippen molar-refractivity contribution >= 4 is 45.0 Å². The summed E-state index contributed by atoms with van der Waals surface area (Å²) in [5.41, 5.74) is -0.177. The molecule has 9 nitrogen and oxygen atoms in total. The van der Waals surface area contributed by atoms with Crippen molar-refractivity contribution in [2.24, 2.45) is 0 Å². The number of anilines is 1. The van der Waals surface area contributed by atoms with Crippen LogP contribution in [-0.2, 0) is 4.79 Å². The minimum absolute atomic E-state index is 0.0129. The summed E-state index contributed by atoms with van der Waals surface area (Å²) in [5, 5.41) is 1.23. The van der Waals surface area contributed by atoms with E-state index in [0.717, 1.165) is 32.4 Å². The van der Waals surface area contributed by atoms with Gasteiger partial charge in [-0.25, -0.2) is 13.2 Å². The second-order valence-corrected chi connectivity index (χ2v) is 15.4. The number of nitrogens with zero attached hydrogens (tertiary/aromatic N) is 7. The number of hydrogen-bond acceptors (Lipinski definition) is 8. The van der Waals surface area contributed by atoms with Crippen LogP contribution < -0.4 is 9.64 Å². The van der Waals surface area contributed by atoms with Gasteiger partial charge in [0, 0.05) is 81.0 Å². The summed E-state index contributed by atoms with van der Waals surface area (Å²) in [7, 11) is 1.87. The van der Waals surface area contributed by atoms with Gasteiger partial charge < -0.3 is 14.5 Å². The van der Waals surface area contributed by atoms with Crippen LogP contribution in [0.2, 0.25) is 5.02 Å². The van der Waals surface area contributed by atoms with Crippen molar-refractivity contribution in [3.05, 3.63) is 65.3 Å². The highest BCUT2D eigenvalue weighted by Crippen LogP contribution is 2.42. The normalized spacial score (nSPS) is 25.2. The van der Waals surface area contributed by atoms with Gasteiger partial charge in [-0.1, -0.05) is 41.9 Å². The smallest absolute Gasteiger partial charge is 0.319 e. The molecule has 4 fully saturated rings. The van der Waals surface area contributed by atoms with E-state index < -0.39 is 23.3 Å². The Hall–Kier alpha value is -4.00. The molecule has 4 aliphatic heterocycles. The Morgan fingerprint density at radius 1 is 1.13 bits per heavy atom. The molecular formula is C39H43ClF3N7O2. The molecule has 8 rings (SSSR count). The number of benzene rings is 2. The zero-order valence-corrected chi connectivity index (χ0v) is 30.4. The van der Waals surface area contributed by atoms with E-state index in [1.807, 2.05) is 22.9 Å². The quantitative estimate of drug-likeness (QED) is 0.174. The number of carbonyl (C=O) groups is 1. The molecule has 0 bridgehead atoms. The standard InChI is InChI=1S/C39H43ClF3N7O2/c1-23(2)50-17-13-26(50)9-11-31(51)48-16-12-27(21-48)47(3)37-29-19-44-35(28-7-4-6-24-8-10-30(42)33(40)32(24)28)34(43)36(29)45-38(46-37)52-22-39-14-5-15-49(39)20-25(41)18-39/h4,6-11,19,23,25-27H,5,12-18,20-22H2,1-3H3/b11-9+/t25-,26+,27?,39+/m1/s1. The second kappa shape index (κ2) is 13.8. The van der Waals surface area contributed by atoms with Crippen LogP contribution in [-0.4, -0.2) is 112 Å². The van der Waals surface area contributed by atoms with Crippen molar-refractivity contribution in [2.75, 3.05) is 51.3 Å². The number of carbonyl (C=O) groups excluding carboxylic acids is 1. The maximum atomic E-state index is 16.9. The van der Waals surface area contributed by atoms with Crippen LogP contribution in [0.5, 0.6) is 6.01 Å². The van der Waals surface area contributed by atoms with E-state index in [1.165, 1.54) is 12.3 Å². The van der Waals surface area contributed by atoms with Gasteiger partial charge in [0.2, 0.25) is 5.91 Å². The number of amides is 1. The van der Waals surface area contributed by atoms with Crippen molar-refractivity contribution in [3.8, 4) is 17.3 Å². The molecule has 0 N–H and O–H groups in total. The van der Waals surface area contributed by atoms with Crippen molar-refractivity contribution < 1.29 is 22.7 Å². The van der Waals surface area contributed by atoms with Crippen LogP contribution in [0.25, 0.3) is 32.9 Å². The van der Waals surface area contributed by atoms with Crippen LogP contribution >= 0.6 is 11.6 Å². The Labute approximate surface area is 306 Å². The molecule has 4 atom stereocenters. The number of pyridine rings is 1. The molecule has 0 saturated carbocycles. The summed E-state index contributed by atoms with van der Waals surface area (Å²) in [5.74, 6) is -0.967. The molecule has 4 saturated heterocycles. The largest absolute Gasteiger partial charge is 0.461 e. The zero-order valence-electron chi connectivity index (χ0n) is 29.7. The molecule has 4 aliphatic rings. The third-order valence-electron chi connectivity index (χ3n) is 11.7. The topological polar surface area (TPSA) is 77.9 Å². The molecule has 2 aromatic carbocycles. The van der Waals surface area contributed by atoms with E-state index in [9.17, 15) is 13.6 Å². The molecular weight excluding hydrogens is 691 g/mol. The van der Waals surface area contributed by atoms with Gasteiger partial charge in [0.05, 0.1) is 15.9 Å². The number of likely N-dealkylation sites (N-methyl/N-ethyl adjacent to an activating group) is 1. The lowest BCUT2D eigenvalue weighted by atomic mass is 9.95. The molecule has 274 valence electrons. The fraction of sp³-hybridized carbons (Fsp3) is 0.487. The fourth-order valence-corrected chi connectivity index (χ4v) is 8.98. The van der Waals surface area contributed by atoms with E-state index in [1.54, 1.807) is 30.3 Å². The van der Waals surface area contributed by atoms with Gasteiger partial charge in [0.15, 0.2) is 5.82 Å². The number of halogens is 4. The Kier molecular flexibility index (Phi) is 9.28. The predicted octanol–water partition coefficient (Wildman–Crippen LogP) is 6.81. The van der Waals surface area contributed by atoms with Gasteiger partial charge in [-0.05, 0) is 57.5 Å². The van der Waals surface area contributed by atoms with Crippen LogP contribution in [0.1, 0.15) is 46.0 Å². The van der Waals surface area contributed by atoms with Gasteiger partial charge in [0.1, 0.15) is 35.6 Å². The number of alkyl halides is 1. The van der Waals surface area contributed by atoms with Crippen molar-refractivity contribution in [3.63, 3.8) is 0 Å². The Morgan fingerprint density at radius 2 is 1.98 bits per heavy atom. The van der Waals surface area contributed by atoms with E-state index >= 15 is 4.39 Å². The average Bonchev–Trinajstić information content (AvgIpc) is 3.83. The summed E-state index contributed by atoms with van der Waals surface area (Å²) < 4.78 is 52.4. The summed E-state index contributed by atoms with van der Waals surface area (Å²) in [6, 6.07) is 8.61. The molecule has 52 heavy (non-hydrogen) atoms. The number of aromatic nitrogens is 3. The second-order valence-electron chi connectivity index (χ2n) is 15.0. The lowest BCUT2D eigenvalue weighted by Gasteiger charge is -2.42. The first-order valence-corrected chi connectivity index (χ1v) is 18.6. The number of ether oxygens (including phenoxy) is 1. The third kappa shape index (κ3) is 6.16. The molecule has 0 radical (unpaired) electrons. The summed E-state index contributed by atoms with van der Waals surface area (Å²) in [6.07, 6.45) is 8.13. The van der Waals surface area contributed by atoms with Crippen LogP contribution in [0.3, 0.4) is 0 Å². The van der Waals surface area contributed by atoms with E-state index in [4.69, 9.17) is 21.3 Å². The maximum absolute atomic E-state index is 16.9. The number of hydrogen-bond donors (Lipinski definition) is 0. The Balaban J connectivity index is 1.13. The Bertz CT molecular complexity index is 2070. The number of fused-ring (bicyclic) bond motifs is 3. The number of rotatable bonds is 9. The molecule has 0 aliphatic carbocycles. The summed E-state index contributed by atoms with van der Waals surface area (Å²) >= 11 is 6.43. The van der Waals surface area contributed by atoms with Crippen LogP contribution in [0.15, 0.2) is 48.7 Å². The monoisotopic (exact) mass is 733 g/mol. The third-order valence-corrected chi connectivity index (χ3v) is 12.0. The summed E-state index contributed by atoms with van der Waals surface area (Å²) in [6.45, 7) is 7.74. The van der Waals surface area contributed by atoms with Gasteiger partial charge in [-0.15, -0.1) is 0 Å². The molecule has 0 spiro atoms. The maximum Gasteiger partial charge on any atom is 0.319 e. The molecule has 13 heteroatoms. The highest BCUT2D eigenvalue weighted by Gasteiger charge is 2.49. The first kappa shape index (κ1) is 35.1. The lowest BCUT2D eigenvalue weighted by molar-refractivity contribution is -0.125. The van der Waals surface area contributed by atoms with Gasteiger partial charge in [-0.3, -0.25) is 19.6 Å². The van der Waals surface area contributed by atoms with Crippen LogP contribution in [0.4, 0.5) is 19.0 Å². The zero-order chi connectivity index (χ0) is 36.3. The van der Waals surface area contributed by atoms with E-state index in [-0.39, 0.29) is 46.8 Å². The SMILES string of the molecule is CC(C)N1CC[C@@H]1/C=C/C(=O)N1CCC(N(C)c2nc(OC[C@@]34CCCN3C[C@H](F)C4)nc3c(F)c(-c4cccc5ccc(F)c(Cl)c45)ncc23)C1. The molecule has 4 aromatic rings. The van der Waals surface area contributed by atoms with Gasteiger partial charge in [-0.2, -0.15) is 9.97 Å². The first-order chi connectivity index (χ1) is 25.0. The predicted molar refractivity (Wildman–Crippen MR) is 197 cm³/mol. The molecule has 1 unspecified atom stereocenters. The van der Waals surface area contributed by atoms with E-state index in [0.29, 0.717) is 66.1 Å². The minimum Gasteiger partial charge on any atom is -0.461 e. The van der Waals surface area contributed by atoms with Crippen LogP contribution in [0, 0.1) is 11.6 Å². The molecule has 1 amide bonds. The molecule has 2 aromatic heterocycles. The fourth-order valence-electron chi connectivity index (χ4n) is 8.70.